The smallest absolute Gasteiger partial charge is 0.226 e. The van der Waals surface area contributed by atoms with Crippen molar-refractivity contribution in [1.29, 1.82) is 0 Å². The van der Waals surface area contributed by atoms with Crippen LogP contribution < -0.4 is 10.6 Å². The zero-order valence-corrected chi connectivity index (χ0v) is 14.3. The number of nitro groups is 1. The Kier molecular flexibility index (Phi) is 5.50. The van der Waals surface area contributed by atoms with Gasteiger partial charge < -0.3 is 10.6 Å². The molecule has 0 aliphatic rings. The first-order valence-electron chi connectivity index (χ1n) is 7.32. The van der Waals surface area contributed by atoms with Crippen LogP contribution in [0.5, 0.6) is 0 Å². The van der Waals surface area contributed by atoms with Crippen molar-refractivity contribution in [3.63, 3.8) is 0 Å². The normalized spacial score (nSPS) is 13.3. The van der Waals surface area contributed by atoms with Gasteiger partial charge in [-0.15, -0.1) is 11.8 Å². The highest BCUT2D eigenvalue weighted by atomic mass is 32.2. The van der Waals surface area contributed by atoms with Gasteiger partial charge in [-0.05, 0) is 29.8 Å². The molecule has 2 aromatic carbocycles. The summed E-state index contributed by atoms with van der Waals surface area (Å²) in [5.74, 6) is 0. The molecular formula is C17H21N3O2S. The highest BCUT2D eigenvalue weighted by Crippen LogP contribution is 2.41. The minimum Gasteiger partial charge on any atom is -0.398 e. The first-order valence-corrected chi connectivity index (χ1v) is 8.20. The number of rotatable bonds is 6. The number of benzene rings is 2. The largest absolute Gasteiger partial charge is 0.398 e. The fourth-order valence-electron chi connectivity index (χ4n) is 2.24. The topological polar surface area (TPSA) is 72.4 Å². The Morgan fingerprint density at radius 1 is 1.13 bits per heavy atom. The number of thioether (sulfide) groups is 1. The van der Waals surface area contributed by atoms with Crippen LogP contribution in [0.25, 0.3) is 0 Å². The highest BCUT2D eigenvalue weighted by Gasteiger charge is 2.29. The molecule has 0 aliphatic carbocycles. The van der Waals surface area contributed by atoms with Crippen molar-refractivity contribution >= 4 is 23.1 Å². The maximum atomic E-state index is 11.3. The van der Waals surface area contributed by atoms with Gasteiger partial charge in [0.1, 0.15) is 5.25 Å². The van der Waals surface area contributed by atoms with E-state index in [0.29, 0.717) is 5.69 Å². The molecule has 5 nitrogen and oxygen atoms in total. The Morgan fingerprint density at radius 3 is 2.26 bits per heavy atom. The van der Waals surface area contributed by atoms with E-state index in [-0.39, 0.29) is 10.2 Å². The molecule has 2 aromatic rings. The molecule has 0 bridgehead atoms. The summed E-state index contributed by atoms with van der Waals surface area (Å²) in [5, 5.41) is 11.0. The van der Waals surface area contributed by atoms with Crippen molar-refractivity contribution in [2.45, 2.75) is 23.1 Å². The van der Waals surface area contributed by atoms with Gasteiger partial charge in [0.2, 0.25) is 6.04 Å². The van der Waals surface area contributed by atoms with Crippen LogP contribution >= 0.6 is 11.8 Å². The Morgan fingerprint density at radius 2 is 1.74 bits per heavy atom. The first-order chi connectivity index (χ1) is 10.9. The second kappa shape index (κ2) is 7.37. The lowest BCUT2D eigenvalue weighted by Crippen LogP contribution is -2.22. The predicted molar refractivity (Wildman–Crippen MR) is 96.7 cm³/mol. The van der Waals surface area contributed by atoms with Gasteiger partial charge in [-0.2, -0.15) is 0 Å². The Labute approximate surface area is 140 Å². The third-order valence-electron chi connectivity index (χ3n) is 3.68. The standard InChI is InChI=1S/C17H21N3O2S/c1-12(20(21)22)17(23-16-7-5-4-6-15(16)18)13-8-10-14(11-9-13)19(2)3/h4-12,17H,18H2,1-3H3/t12-,17-/m0/s1. The molecular weight excluding hydrogens is 310 g/mol. The maximum Gasteiger partial charge on any atom is 0.226 e. The van der Waals surface area contributed by atoms with Crippen molar-refractivity contribution in [3.8, 4) is 0 Å². The molecule has 2 rings (SSSR count). The summed E-state index contributed by atoms with van der Waals surface area (Å²) in [4.78, 5) is 13.9. The van der Waals surface area contributed by atoms with E-state index in [1.165, 1.54) is 11.8 Å². The molecule has 0 heterocycles. The van der Waals surface area contributed by atoms with Crippen LogP contribution in [0.15, 0.2) is 53.4 Å². The molecule has 23 heavy (non-hydrogen) atoms. The summed E-state index contributed by atoms with van der Waals surface area (Å²) < 4.78 is 0. The van der Waals surface area contributed by atoms with Crippen LogP contribution in [-0.2, 0) is 0 Å². The third kappa shape index (κ3) is 4.16. The Bertz CT molecular complexity index is 674. The monoisotopic (exact) mass is 331 g/mol. The molecule has 0 aliphatic heterocycles. The lowest BCUT2D eigenvalue weighted by molar-refractivity contribution is -0.518. The molecule has 0 fully saturated rings. The maximum absolute atomic E-state index is 11.3. The molecule has 2 N–H and O–H groups in total. The highest BCUT2D eigenvalue weighted by molar-refractivity contribution is 7.99. The average Bonchev–Trinajstić information content (AvgIpc) is 2.53. The number of hydrogen-bond acceptors (Lipinski definition) is 5. The zero-order valence-electron chi connectivity index (χ0n) is 13.5. The zero-order chi connectivity index (χ0) is 17.0. The van der Waals surface area contributed by atoms with Gasteiger partial charge in [0.25, 0.3) is 0 Å². The molecule has 0 radical (unpaired) electrons. The van der Waals surface area contributed by atoms with Crippen molar-refractivity contribution in [2.24, 2.45) is 0 Å². The van der Waals surface area contributed by atoms with Gasteiger partial charge in [0, 0.05) is 42.2 Å². The second-order valence-electron chi connectivity index (χ2n) is 5.59. The van der Waals surface area contributed by atoms with Gasteiger partial charge in [0.15, 0.2) is 0 Å². The van der Waals surface area contributed by atoms with Crippen molar-refractivity contribution in [1.82, 2.24) is 0 Å². The molecule has 0 spiro atoms. The molecule has 0 unspecified atom stereocenters. The lowest BCUT2D eigenvalue weighted by atomic mass is 10.1. The van der Waals surface area contributed by atoms with Gasteiger partial charge in [-0.1, -0.05) is 24.3 Å². The van der Waals surface area contributed by atoms with Crippen LogP contribution in [0, 0.1) is 10.1 Å². The summed E-state index contributed by atoms with van der Waals surface area (Å²) in [6.45, 7) is 1.64. The molecule has 0 saturated carbocycles. The molecule has 2 atom stereocenters. The molecule has 6 heteroatoms. The van der Waals surface area contributed by atoms with Crippen LogP contribution in [-0.4, -0.2) is 25.1 Å². The number of nitrogens with two attached hydrogens (primary N) is 1. The first kappa shape index (κ1) is 17.1. The van der Waals surface area contributed by atoms with Gasteiger partial charge in [0.05, 0.1) is 0 Å². The Balaban J connectivity index is 2.34. The average molecular weight is 331 g/mol. The Hall–Kier alpha value is -2.21. The SMILES string of the molecule is C[C@@H]([C@H](Sc1ccccc1N)c1ccc(N(C)C)cc1)[N+](=O)[O-]. The van der Waals surface area contributed by atoms with E-state index in [1.54, 1.807) is 6.92 Å². The second-order valence-corrected chi connectivity index (χ2v) is 6.77. The summed E-state index contributed by atoms with van der Waals surface area (Å²) in [5.41, 5.74) is 8.62. The number of hydrogen-bond donors (Lipinski definition) is 1. The number of para-hydroxylation sites is 1. The number of nitrogen functional groups attached to an aromatic ring is 1. The van der Waals surface area contributed by atoms with E-state index in [9.17, 15) is 10.1 Å². The third-order valence-corrected chi connectivity index (χ3v) is 5.23. The van der Waals surface area contributed by atoms with Crippen LogP contribution in [0.2, 0.25) is 0 Å². The van der Waals surface area contributed by atoms with Crippen LogP contribution in [0.3, 0.4) is 0 Å². The molecule has 0 aromatic heterocycles. The van der Waals surface area contributed by atoms with E-state index < -0.39 is 6.04 Å². The van der Waals surface area contributed by atoms with E-state index in [1.807, 2.05) is 67.5 Å². The van der Waals surface area contributed by atoms with E-state index >= 15 is 0 Å². The fourth-order valence-corrected chi connectivity index (χ4v) is 3.47. The molecule has 122 valence electrons. The van der Waals surface area contributed by atoms with Crippen LogP contribution in [0.1, 0.15) is 17.7 Å². The lowest BCUT2D eigenvalue weighted by Gasteiger charge is -2.20. The summed E-state index contributed by atoms with van der Waals surface area (Å²) in [6, 6.07) is 14.6. The van der Waals surface area contributed by atoms with Crippen molar-refractivity contribution in [2.75, 3.05) is 24.7 Å². The van der Waals surface area contributed by atoms with Gasteiger partial charge >= 0.3 is 0 Å². The van der Waals surface area contributed by atoms with Gasteiger partial charge in [-0.25, -0.2) is 0 Å². The quantitative estimate of drug-likeness (QED) is 0.377. The fraction of sp³-hybridized carbons (Fsp3) is 0.294. The van der Waals surface area contributed by atoms with Crippen molar-refractivity contribution < 1.29 is 4.92 Å². The number of nitrogens with zero attached hydrogens (tertiary/aromatic N) is 2. The van der Waals surface area contributed by atoms with E-state index in [2.05, 4.69) is 0 Å². The minimum atomic E-state index is -0.718. The molecule has 0 saturated heterocycles. The molecule has 0 amide bonds. The minimum absolute atomic E-state index is 0.239. The van der Waals surface area contributed by atoms with Crippen LogP contribution in [0.4, 0.5) is 11.4 Å². The summed E-state index contributed by atoms with van der Waals surface area (Å²) in [7, 11) is 3.93. The van der Waals surface area contributed by atoms with E-state index in [4.69, 9.17) is 5.73 Å². The summed E-state index contributed by atoms with van der Waals surface area (Å²) in [6.07, 6.45) is 0. The van der Waals surface area contributed by atoms with Gasteiger partial charge in [-0.3, -0.25) is 10.1 Å². The number of anilines is 2. The van der Waals surface area contributed by atoms with Crippen molar-refractivity contribution in [3.05, 3.63) is 64.2 Å². The van der Waals surface area contributed by atoms with E-state index in [0.717, 1.165) is 16.1 Å². The predicted octanol–water partition coefficient (Wildman–Crippen LogP) is 3.83. The summed E-state index contributed by atoms with van der Waals surface area (Å²) >= 11 is 1.44.